The van der Waals surface area contributed by atoms with Gasteiger partial charge >= 0.3 is 0 Å². The third kappa shape index (κ3) is 4.00. The Hall–Kier alpha value is -2.85. The third-order valence-electron chi connectivity index (χ3n) is 5.92. The number of benzene rings is 1. The number of hydrogen-bond acceptors (Lipinski definition) is 7. The summed E-state index contributed by atoms with van der Waals surface area (Å²) in [7, 11) is 0. The number of rotatable bonds is 5. The highest BCUT2D eigenvalue weighted by Crippen LogP contribution is 2.42. The number of halogens is 2. The van der Waals surface area contributed by atoms with E-state index in [0.29, 0.717) is 36.3 Å². The van der Waals surface area contributed by atoms with Crippen LogP contribution in [0.1, 0.15) is 45.6 Å². The molecule has 10 heteroatoms. The number of nitrogens with one attached hydrogen (secondary N) is 2. The van der Waals surface area contributed by atoms with Gasteiger partial charge in [-0.05, 0) is 38.8 Å². The molecule has 3 heterocycles. The summed E-state index contributed by atoms with van der Waals surface area (Å²) in [5, 5.41) is 6.25. The first-order chi connectivity index (χ1) is 15.4. The average molecular weight is 444 g/mol. The molecule has 5 rings (SSSR count). The normalized spacial score (nSPS) is 18.7. The molecule has 3 aromatic rings. The van der Waals surface area contributed by atoms with Gasteiger partial charge in [-0.15, -0.1) is 0 Å². The lowest BCUT2D eigenvalue weighted by Crippen LogP contribution is -2.36. The Balaban J connectivity index is 1.53. The van der Waals surface area contributed by atoms with Gasteiger partial charge in [-0.3, -0.25) is 4.57 Å². The van der Waals surface area contributed by atoms with Gasteiger partial charge in [0.05, 0.1) is 25.1 Å². The summed E-state index contributed by atoms with van der Waals surface area (Å²) in [6.07, 6.45) is 4.75. The Kier molecular flexibility index (Phi) is 5.42. The minimum Gasteiger partial charge on any atom is -0.352 e. The average Bonchev–Trinajstić information content (AvgIpc) is 3.35. The maximum Gasteiger partial charge on any atom is 0.224 e. The SMILES string of the molecule is CC(C)Nc1ncc2nc(Nc3ccc(F)cc3F)n(C3CCC4(CC3)OCCO4)c2n1. The Labute approximate surface area is 184 Å². The second-order valence-corrected chi connectivity index (χ2v) is 8.59. The first kappa shape index (κ1) is 21.0. The molecular weight excluding hydrogens is 418 g/mol. The minimum atomic E-state index is -0.688. The van der Waals surface area contributed by atoms with Crippen LogP contribution in [-0.2, 0) is 9.47 Å². The Morgan fingerprint density at radius 3 is 2.56 bits per heavy atom. The van der Waals surface area contributed by atoms with Crippen molar-refractivity contribution < 1.29 is 18.3 Å². The molecular formula is C22H26F2N6O2. The van der Waals surface area contributed by atoms with Crippen molar-refractivity contribution in [2.45, 2.75) is 57.4 Å². The summed E-state index contributed by atoms with van der Waals surface area (Å²) in [5.41, 5.74) is 1.39. The summed E-state index contributed by atoms with van der Waals surface area (Å²) in [6, 6.07) is 3.65. The molecule has 32 heavy (non-hydrogen) atoms. The summed E-state index contributed by atoms with van der Waals surface area (Å²) >= 11 is 0. The van der Waals surface area contributed by atoms with Gasteiger partial charge in [-0.2, -0.15) is 4.98 Å². The van der Waals surface area contributed by atoms with Crippen LogP contribution in [0.5, 0.6) is 0 Å². The standard InChI is InChI=1S/C22H26F2N6O2/c1-13(2)26-20-25-12-18-19(29-20)30(15-5-7-22(8-6-15)31-9-10-32-22)21(28-18)27-17-4-3-14(23)11-16(17)24/h3-4,11-13,15H,5-10H2,1-2H3,(H,27,28)(H,25,26,29). The molecule has 2 N–H and O–H groups in total. The van der Waals surface area contributed by atoms with E-state index in [1.54, 1.807) is 6.20 Å². The molecule has 0 amide bonds. The number of fused-ring (bicyclic) bond motifs is 1. The Morgan fingerprint density at radius 1 is 1.12 bits per heavy atom. The predicted octanol–water partition coefficient (Wildman–Crippen LogP) is 4.53. The van der Waals surface area contributed by atoms with Crippen molar-refractivity contribution in [2.24, 2.45) is 0 Å². The van der Waals surface area contributed by atoms with Crippen LogP contribution in [0.4, 0.5) is 26.4 Å². The molecule has 1 aliphatic carbocycles. The zero-order chi connectivity index (χ0) is 22.3. The van der Waals surface area contributed by atoms with E-state index in [-0.39, 0.29) is 17.8 Å². The highest BCUT2D eigenvalue weighted by molar-refractivity contribution is 5.76. The van der Waals surface area contributed by atoms with Gasteiger partial charge in [-0.25, -0.2) is 18.7 Å². The van der Waals surface area contributed by atoms with Gasteiger partial charge in [0.2, 0.25) is 11.9 Å². The first-order valence-corrected chi connectivity index (χ1v) is 10.9. The molecule has 0 radical (unpaired) electrons. The first-order valence-electron chi connectivity index (χ1n) is 10.9. The number of imidazole rings is 1. The van der Waals surface area contributed by atoms with Crippen LogP contribution >= 0.6 is 0 Å². The smallest absolute Gasteiger partial charge is 0.224 e. The monoisotopic (exact) mass is 444 g/mol. The fourth-order valence-electron chi connectivity index (χ4n) is 4.45. The van der Waals surface area contributed by atoms with E-state index in [1.165, 1.54) is 12.1 Å². The number of anilines is 3. The van der Waals surface area contributed by atoms with Gasteiger partial charge in [0.15, 0.2) is 11.4 Å². The molecule has 1 saturated heterocycles. The molecule has 2 fully saturated rings. The summed E-state index contributed by atoms with van der Waals surface area (Å²) in [5.74, 6) is -0.875. The van der Waals surface area contributed by atoms with Crippen LogP contribution in [0.25, 0.3) is 11.2 Å². The fourth-order valence-corrected chi connectivity index (χ4v) is 4.45. The van der Waals surface area contributed by atoms with E-state index in [1.807, 2.05) is 18.4 Å². The van der Waals surface area contributed by atoms with E-state index < -0.39 is 17.4 Å². The number of nitrogens with zero attached hydrogens (tertiary/aromatic N) is 4. The van der Waals surface area contributed by atoms with Gasteiger partial charge in [0, 0.05) is 31.0 Å². The minimum absolute atomic E-state index is 0.0613. The molecule has 8 nitrogen and oxygen atoms in total. The van der Waals surface area contributed by atoms with Crippen molar-refractivity contribution in [1.82, 2.24) is 19.5 Å². The lowest BCUT2D eigenvalue weighted by molar-refractivity contribution is -0.181. The third-order valence-corrected chi connectivity index (χ3v) is 5.92. The Bertz CT molecular complexity index is 1120. The molecule has 0 bridgehead atoms. The van der Waals surface area contributed by atoms with E-state index in [2.05, 4.69) is 20.6 Å². The zero-order valence-electron chi connectivity index (χ0n) is 18.1. The van der Waals surface area contributed by atoms with Crippen LogP contribution in [0, 0.1) is 11.6 Å². The highest BCUT2D eigenvalue weighted by atomic mass is 19.1. The zero-order valence-corrected chi connectivity index (χ0v) is 18.1. The molecule has 0 atom stereocenters. The van der Waals surface area contributed by atoms with Gasteiger partial charge in [0.1, 0.15) is 17.2 Å². The maximum absolute atomic E-state index is 14.4. The highest BCUT2D eigenvalue weighted by Gasteiger charge is 2.41. The number of ether oxygens (including phenoxy) is 2. The van der Waals surface area contributed by atoms with E-state index in [0.717, 1.165) is 31.7 Å². The van der Waals surface area contributed by atoms with Gasteiger partial charge in [0.25, 0.3) is 0 Å². The van der Waals surface area contributed by atoms with Crippen molar-refractivity contribution in [1.29, 1.82) is 0 Å². The molecule has 0 unspecified atom stereocenters. The lowest BCUT2D eigenvalue weighted by atomic mass is 9.90. The van der Waals surface area contributed by atoms with E-state index in [9.17, 15) is 8.78 Å². The van der Waals surface area contributed by atoms with Crippen LogP contribution in [0.3, 0.4) is 0 Å². The fraction of sp³-hybridized carbons (Fsp3) is 0.500. The number of aromatic nitrogens is 4. The second kappa shape index (κ2) is 8.25. The Morgan fingerprint density at radius 2 is 1.88 bits per heavy atom. The van der Waals surface area contributed by atoms with Crippen LogP contribution in [-0.4, -0.2) is 44.6 Å². The number of hydrogen-bond donors (Lipinski definition) is 2. The largest absolute Gasteiger partial charge is 0.352 e. The molecule has 170 valence electrons. The predicted molar refractivity (Wildman–Crippen MR) is 116 cm³/mol. The topological polar surface area (TPSA) is 86.1 Å². The van der Waals surface area contributed by atoms with Crippen LogP contribution in [0.2, 0.25) is 0 Å². The van der Waals surface area contributed by atoms with E-state index in [4.69, 9.17) is 14.5 Å². The summed E-state index contributed by atoms with van der Waals surface area (Å²) in [6.45, 7) is 5.26. The van der Waals surface area contributed by atoms with Crippen LogP contribution in [0.15, 0.2) is 24.4 Å². The van der Waals surface area contributed by atoms with Crippen molar-refractivity contribution in [3.05, 3.63) is 36.0 Å². The quantitative estimate of drug-likeness (QED) is 0.598. The molecule has 1 spiro atoms. The molecule has 2 aliphatic rings. The maximum atomic E-state index is 14.4. The van der Waals surface area contributed by atoms with Crippen molar-refractivity contribution in [3.8, 4) is 0 Å². The van der Waals surface area contributed by atoms with Crippen molar-refractivity contribution in [2.75, 3.05) is 23.8 Å². The molecule has 2 aromatic heterocycles. The second-order valence-electron chi connectivity index (χ2n) is 8.59. The van der Waals surface area contributed by atoms with Crippen molar-refractivity contribution >= 4 is 28.7 Å². The molecule has 1 aromatic carbocycles. The summed E-state index contributed by atoms with van der Waals surface area (Å²) in [4.78, 5) is 13.7. The van der Waals surface area contributed by atoms with E-state index >= 15 is 0 Å². The van der Waals surface area contributed by atoms with Crippen molar-refractivity contribution in [3.63, 3.8) is 0 Å². The summed E-state index contributed by atoms with van der Waals surface area (Å²) < 4.78 is 41.5. The van der Waals surface area contributed by atoms with Gasteiger partial charge < -0.3 is 20.1 Å². The lowest BCUT2D eigenvalue weighted by Gasteiger charge is -2.36. The van der Waals surface area contributed by atoms with Gasteiger partial charge in [-0.1, -0.05) is 0 Å². The molecule has 1 saturated carbocycles. The molecule has 1 aliphatic heterocycles. The van der Waals surface area contributed by atoms with Crippen LogP contribution < -0.4 is 10.6 Å².